The minimum atomic E-state index is -3.56. The summed E-state index contributed by atoms with van der Waals surface area (Å²) in [5.74, 6) is 0. The van der Waals surface area contributed by atoms with Crippen LogP contribution in [0, 0.1) is 0 Å². The molecular weight excluding hydrogens is 192 g/mol. The van der Waals surface area contributed by atoms with Gasteiger partial charge in [0.1, 0.15) is 0 Å². The van der Waals surface area contributed by atoms with Crippen molar-refractivity contribution in [2.24, 2.45) is 5.14 Å². The minimum Gasteiger partial charge on any atom is -0.347 e. The molecule has 3 N–H and O–H groups in total. The molecule has 0 radical (unpaired) electrons. The Morgan fingerprint density at radius 2 is 2.38 bits per heavy atom. The first-order valence-corrected chi connectivity index (χ1v) is 5.36. The molecule has 0 amide bonds. The molecule has 0 fully saturated rings. The standard InChI is InChI=1S/C6H10N4O2S/c7-13(11,12)10-2-1-5-6(3-10)9-4-8-5/h4H,1-3H2,(H,8,9)(H2,7,11,12). The highest BCUT2D eigenvalue weighted by Crippen LogP contribution is 2.15. The van der Waals surface area contributed by atoms with Crippen LogP contribution in [0.25, 0.3) is 0 Å². The maximum atomic E-state index is 11.0. The zero-order chi connectivity index (χ0) is 9.47. The van der Waals surface area contributed by atoms with Crippen molar-refractivity contribution in [3.05, 3.63) is 17.7 Å². The van der Waals surface area contributed by atoms with Gasteiger partial charge in [0.2, 0.25) is 0 Å². The van der Waals surface area contributed by atoms with E-state index in [-0.39, 0.29) is 0 Å². The van der Waals surface area contributed by atoms with E-state index in [0.29, 0.717) is 19.5 Å². The van der Waals surface area contributed by atoms with Crippen molar-refractivity contribution in [2.75, 3.05) is 6.54 Å². The van der Waals surface area contributed by atoms with Crippen molar-refractivity contribution in [2.45, 2.75) is 13.0 Å². The fourth-order valence-electron chi connectivity index (χ4n) is 1.40. The average molecular weight is 202 g/mol. The first kappa shape index (κ1) is 8.67. The van der Waals surface area contributed by atoms with Gasteiger partial charge in [0.25, 0.3) is 10.2 Å². The fourth-order valence-corrected chi connectivity index (χ4v) is 2.06. The van der Waals surface area contributed by atoms with Gasteiger partial charge in [-0.15, -0.1) is 0 Å². The third kappa shape index (κ3) is 1.58. The van der Waals surface area contributed by atoms with E-state index in [9.17, 15) is 8.42 Å². The Morgan fingerprint density at radius 1 is 1.62 bits per heavy atom. The molecule has 1 aromatic rings. The van der Waals surface area contributed by atoms with E-state index in [1.165, 1.54) is 4.31 Å². The minimum absolute atomic E-state index is 0.300. The zero-order valence-electron chi connectivity index (χ0n) is 6.90. The van der Waals surface area contributed by atoms with Crippen LogP contribution in [0.1, 0.15) is 11.4 Å². The van der Waals surface area contributed by atoms with Crippen LogP contribution in [0.2, 0.25) is 0 Å². The maximum absolute atomic E-state index is 11.0. The molecule has 6 nitrogen and oxygen atoms in total. The lowest BCUT2D eigenvalue weighted by Crippen LogP contribution is -2.40. The zero-order valence-corrected chi connectivity index (χ0v) is 7.71. The third-order valence-electron chi connectivity index (χ3n) is 2.10. The molecule has 0 aliphatic carbocycles. The molecule has 0 unspecified atom stereocenters. The Labute approximate surface area is 75.9 Å². The number of nitrogens with zero attached hydrogens (tertiary/aromatic N) is 2. The Balaban J connectivity index is 2.27. The number of imidazole rings is 1. The number of aromatic amines is 1. The Bertz CT molecular complexity index is 410. The third-order valence-corrected chi connectivity index (χ3v) is 3.13. The second-order valence-corrected chi connectivity index (χ2v) is 4.50. The highest BCUT2D eigenvalue weighted by atomic mass is 32.2. The summed E-state index contributed by atoms with van der Waals surface area (Å²) in [5, 5.41) is 5.00. The summed E-state index contributed by atoms with van der Waals surface area (Å²) in [4.78, 5) is 6.94. The summed E-state index contributed by atoms with van der Waals surface area (Å²) in [6.07, 6.45) is 2.19. The van der Waals surface area contributed by atoms with Crippen LogP contribution in [0.4, 0.5) is 0 Å². The van der Waals surface area contributed by atoms with Gasteiger partial charge in [-0.3, -0.25) is 0 Å². The number of rotatable bonds is 1. The smallest absolute Gasteiger partial charge is 0.277 e. The number of H-pyrrole nitrogens is 1. The van der Waals surface area contributed by atoms with Crippen molar-refractivity contribution in [3.8, 4) is 0 Å². The van der Waals surface area contributed by atoms with Crippen LogP contribution >= 0.6 is 0 Å². The molecule has 2 heterocycles. The van der Waals surface area contributed by atoms with E-state index in [2.05, 4.69) is 9.97 Å². The van der Waals surface area contributed by atoms with E-state index in [1.807, 2.05) is 0 Å². The van der Waals surface area contributed by atoms with Crippen LogP contribution in [0.5, 0.6) is 0 Å². The average Bonchev–Trinajstić information content (AvgIpc) is 2.47. The normalized spacial score (nSPS) is 18.5. The molecular formula is C6H10N4O2S. The number of nitrogens with two attached hydrogens (primary N) is 1. The molecule has 0 saturated carbocycles. The van der Waals surface area contributed by atoms with E-state index in [0.717, 1.165) is 11.4 Å². The molecule has 1 aromatic heterocycles. The lowest BCUT2D eigenvalue weighted by Gasteiger charge is -2.22. The largest absolute Gasteiger partial charge is 0.347 e. The van der Waals surface area contributed by atoms with Gasteiger partial charge >= 0.3 is 0 Å². The SMILES string of the molecule is NS(=O)(=O)N1CCc2nc[nH]c2C1. The summed E-state index contributed by atoms with van der Waals surface area (Å²) in [6, 6.07) is 0. The van der Waals surface area contributed by atoms with Gasteiger partial charge in [0.15, 0.2) is 0 Å². The van der Waals surface area contributed by atoms with Gasteiger partial charge in [0, 0.05) is 13.0 Å². The summed E-state index contributed by atoms with van der Waals surface area (Å²) in [5.41, 5.74) is 1.76. The summed E-state index contributed by atoms with van der Waals surface area (Å²) >= 11 is 0. The molecule has 1 aliphatic heterocycles. The molecule has 13 heavy (non-hydrogen) atoms. The monoisotopic (exact) mass is 202 g/mol. The number of fused-ring (bicyclic) bond motifs is 1. The van der Waals surface area contributed by atoms with Crippen molar-refractivity contribution in [1.29, 1.82) is 0 Å². The summed E-state index contributed by atoms with van der Waals surface area (Å²) in [7, 11) is -3.56. The predicted molar refractivity (Wildman–Crippen MR) is 45.8 cm³/mol. The molecule has 2 rings (SSSR count). The van der Waals surface area contributed by atoms with E-state index < -0.39 is 10.2 Å². The molecule has 1 aliphatic rings. The predicted octanol–water partition coefficient (Wildman–Crippen LogP) is -1.03. The first-order valence-electron chi connectivity index (χ1n) is 3.86. The van der Waals surface area contributed by atoms with Gasteiger partial charge in [-0.2, -0.15) is 12.7 Å². The van der Waals surface area contributed by atoms with Gasteiger partial charge < -0.3 is 4.98 Å². The number of hydrogen-bond donors (Lipinski definition) is 2. The quantitative estimate of drug-likeness (QED) is 0.610. The molecule has 0 atom stereocenters. The van der Waals surface area contributed by atoms with Crippen molar-refractivity contribution < 1.29 is 8.42 Å². The van der Waals surface area contributed by atoms with Gasteiger partial charge in [-0.25, -0.2) is 10.1 Å². The second-order valence-electron chi connectivity index (χ2n) is 2.96. The lowest BCUT2D eigenvalue weighted by molar-refractivity contribution is 0.386. The van der Waals surface area contributed by atoms with E-state index >= 15 is 0 Å². The van der Waals surface area contributed by atoms with Crippen molar-refractivity contribution in [1.82, 2.24) is 14.3 Å². The Morgan fingerprint density at radius 3 is 3.08 bits per heavy atom. The Hall–Kier alpha value is -0.920. The van der Waals surface area contributed by atoms with E-state index in [4.69, 9.17) is 5.14 Å². The van der Waals surface area contributed by atoms with Crippen LogP contribution in [-0.2, 0) is 23.2 Å². The topological polar surface area (TPSA) is 92.1 Å². The molecule has 72 valence electrons. The van der Waals surface area contributed by atoms with E-state index in [1.54, 1.807) is 6.33 Å². The van der Waals surface area contributed by atoms with Gasteiger partial charge in [-0.05, 0) is 0 Å². The Kier molecular flexibility index (Phi) is 1.86. The van der Waals surface area contributed by atoms with Crippen molar-refractivity contribution >= 4 is 10.2 Å². The van der Waals surface area contributed by atoms with Crippen LogP contribution < -0.4 is 5.14 Å². The first-order chi connectivity index (χ1) is 6.07. The fraction of sp³-hybridized carbons (Fsp3) is 0.500. The van der Waals surface area contributed by atoms with Gasteiger partial charge in [-0.1, -0.05) is 0 Å². The molecule has 0 spiro atoms. The van der Waals surface area contributed by atoms with Crippen LogP contribution in [0.3, 0.4) is 0 Å². The summed E-state index contributed by atoms with van der Waals surface area (Å²) < 4.78 is 23.2. The second kappa shape index (κ2) is 2.79. The van der Waals surface area contributed by atoms with Gasteiger partial charge in [0.05, 0.1) is 24.3 Å². The van der Waals surface area contributed by atoms with Crippen LogP contribution in [0.15, 0.2) is 6.33 Å². The highest BCUT2D eigenvalue weighted by molar-refractivity contribution is 7.86. The highest BCUT2D eigenvalue weighted by Gasteiger charge is 2.24. The number of aromatic nitrogens is 2. The number of nitrogens with one attached hydrogen (secondary N) is 1. The lowest BCUT2D eigenvalue weighted by atomic mass is 10.2. The molecule has 0 bridgehead atoms. The number of hydrogen-bond acceptors (Lipinski definition) is 3. The van der Waals surface area contributed by atoms with Crippen molar-refractivity contribution in [3.63, 3.8) is 0 Å². The maximum Gasteiger partial charge on any atom is 0.277 e. The van der Waals surface area contributed by atoms with Crippen LogP contribution in [-0.4, -0.2) is 29.2 Å². The summed E-state index contributed by atoms with van der Waals surface area (Å²) in [6.45, 7) is 0.713. The molecule has 7 heteroatoms. The molecule has 0 aromatic carbocycles. The molecule has 0 saturated heterocycles.